The molecule has 1 fully saturated rings. The summed E-state index contributed by atoms with van der Waals surface area (Å²) in [6.07, 6.45) is 5.36. The van der Waals surface area contributed by atoms with Crippen LogP contribution in [0.3, 0.4) is 0 Å². The van der Waals surface area contributed by atoms with Gasteiger partial charge in [-0.15, -0.1) is 0 Å². The van der Waals surface area contributed by atoms with E-state index < -0.39 is 0 Å². The first-order valence-electron chi connectivity index (χ1n) is 7.73. The van der Waals surface area contributed by atoms with Gasteiger partial charge in [0, 0.05) is 12.1 Å². The molecular formula is C17H21N3. The van der Waals surface area contributed by atoms with Crippen molar-refractivity contribution in [3.63, 3.8) is 0 Å². The summed E-state index contributed by atoms with van der Waals surface area (Å²) < 4.78 is 2.28. The van der Waals surface area contributed by atoms with Crippen molar-refractivity contribution in [3.05, 3.63) is 36.0 Å². The number of hydrogen-bond donors (Lipinski definition) is 1. The van der Waals surface area contributed by atoms with Gasteiger partial charge in [-0.1, -0.05) is 43.2 Å². The first-order valence-corrected chi connectivity index (χ1v) is 7.73. The van der Waals surface area contributed by atoms with Gasteiger partial charge in [-0.25, -0.2) is 4.68 Å². The number of nitrogens with zero attached hydrogens (tertiary/aromatic N) is 2. The summed E-state index contributed by atoms with van der Waals surface area (Å²) in [5, 5.41) is 8.52. The van der Waals surface area contributed by atoms with Crippen LogP contribution in [0.4, 0.5) is 5.82 Å². The van der Waals surface area contributed by atoms with Crippen LogP contribution in [-0.2, 0) is 0 Å². The molecule has 1 saturated carbocycles. The molecule has 0 spiro atoms. The molecule has 1 N–H and O–H groups in total. The Balaban J connectivity index is 1.82. The molecule has 1 aliphatic heterocycles. The molecular weight excluding hydrogens is 246 g/mol. The lowest BCUT2D eigenvalue weighted by Crippen LogP contribution is -2.35. The minimum atomic E-state index is 0.608. The van der Waals surface area contributed by atoms with Crippen molar-refractivity contribution in [1.82, 2.24) is 9.78 Å². The highest BCUT2D eigenvalue weighted by molar-refractivity contribution is 5.78. The van der Waals surface area contributed by atoms with Gasteiger partial charge in [0.15, 0.2) is 0 Å². The van der Waals surface area contributed by atoms with Crippen molar-refractivity contribution in [2.24, 2.45) is 5.92 Å². The number of rotatable bonds is 1. The third-order valence-corrected chi connectivity index (χ3v) is 4.86. The van der Waals surface area contributed by atoms with Crippen molar-refractivity contribution in [2.45, 2.75) is 38.6 Å². The number of hydrogen-bond acceptors (Lipinski definition) is 2. The molecule has 2 atom stereocenters. The topological polar surface area (TPSA) is 29.9 Å². The van der Waals surface area contributed by atoms with Crippen molar-refractivity contribution < 1.29 is 0 Å². The zero-order chi connectivity index (χ0) is 13.5. The molecule has 2 aromatic rings. The first kappa shape index (κ1) is 12.0. The Hall–Kier alpha value is -1.77. The molecule has 3 nitrogen and oxygen atoms in total. The molecule has 2 heterocycles. The standard InChI is InChI=1S/C17H21N3/c1-12-16(13-7-3-2-4-8-13)17-18-11-14-9-5-6-10-15(14)20(17)19-12/h2-4,7-8,14-15,18H,5-6,9-11H2,1H3. The van der Waals surface area contributed by atoms with E-state index in [2.05, 4.69) is 47.3 Å². The van der Waals surface area contributed by atoms with Crippen LogP contribution in [0.1, 0.15) is 37.4 Å². The second kappa shape index (κ2) is 4.65. The number of aryl methyl sites for hydroxylation is 1. The van der Waals surface area contributed by atoms with E-state index in [1.54, 1.807) is 0 Å². The average Bonchev–Trinajstić information content (AvgIpc) is 2.84. The van der Waals surface area contributed by atoms with Crippen molar-refractivity contribution in [2.75, 3.05) is 11.9 Å². The molecule has 0 bridgehead atoms. The van der Waals surface area contributed by atoms with E-state index in [0.717, 1.165) is 18.2 Å². The van der Waals surface area contributed by atoms with Crippen molar-refractivity contribution >= 4 is 5.82 Å². The molecule has 104 valence electrons. The van der Waals surface area contributed by atoms with Crippen molar-refractivity contribution in [1.29, 1.82) is 0 Å². The van der Waals surface area contributed by atoms with Crippen molar-refractivity contribution in [3.8, 4) is 11.1 Å². The zero-order valence-electron chi connectivity index (χ0n) is 12.0. The molecule has 20 heavy (non-hydrogen) atoms. The monoisotopic (exact) mass is 267 g/mol. The molecule has 1 aromatic heterocycles. The fourth-order valence-corrected chi connectivity index (χ4v) is 3.88. The number of fused-ring (bicyclic) bond motifs is 3. The number of benzene rings is 1. The van der Waals surface area contributed by atoms with Crippen LogP contribution in [0.5, 0.6) is 0 Å². The van der Waals surface area contributed by atoms with Gasteiger partial charge in [0.2, 0.25) is 0 Å². The van der Waals surface area contributed by atoms with Crippen LogP contribution in [-0.4, -0.2) is 16.3 Å². The van der Waals surface area contributed by atoms with Gasteiger partial charge in [0.1, 0.15) is 5.82 Å². The van der Waals surface area contributed by atoms with Crippen LogP contribution in [0.15, 0.2) is 30.3 Å². The van der Waals surface area contributed by atoms with E-state index in [0.29, 0.717) is 6.04 Å². The Bertz CT molecular complexity index is 615. The highest BCUT2D eigenvalue weighted by Gasteiger charge is 2.34. The number of nitrogens with one attached hydrogen (secondary N) is 1. The average molecular weight is 267 g/mol. The molecule has 0 radical (unpaired) electrons. The fraction of sp³-hybridized carbons (Fsp3) is 0.471. The minimum Gasteiger partial charge on any atom is -0.369 e. The third kappa shape index (κ3) is 1.76. The van der Waals surface area contributed by atoms with Gasteiger partial charge in [-0.3, -0.25) is 0 Å². The van der Waals surface area contributed by atoms with Crippen LogP contribution in [0, 0.1) is 12.8 Å². The van der Waals surface area contributed by atoms with Crippen LogP contribution >= 0.6 is 0 Å². The van der Waals surface area contributed by atoms with E-state index in [4.69, 9.17) is 5.10 Å². The summed E-state index contributed by atoms with van der Waals surface area (Å²) in [7, 11) is 0. The molecule has 2 unspecified atom stereocenters. The summed E-state index contributed by atoms with van der Waals surface area (Å²) >= 11 is 0. The fourth-order valence-electron chi connectivity index (χ4n) is 3.88. The summed E-state index contributed by atoms with van der Waals surface area (Å²) in [5.74, 6) is 2.00. The normalized spacial score (nSPS) is 24.6. The molecule has 1 aliphatic carbocycles. The Kier molecular flexibility index (Phi) is 2.79. The smallest absolute Gasteiger partial charge is 0.132 e. The van der Waals surface area contributed by atoms with Gasteiger partial charge >= 0.3 is 0 Å². The summed E-state index contributed by atoms with van der Waals surface area (Å²) in [5.41, 5.74) is 3.70. The van der Waals surface area contributed by atoms with Gasteiger partial charge in [0.25, 0.3) is 0 Å². The van der Waals surface area contributed by atoms with Crippen LogP contribution in [0.2, 0.25) is 0 Å². The quantitative estimate of drug-likeness (QED) is 0.846. The Labute approximate surface area is 120 Å². The Morgan fingerprint density at radius 1 is 1.15 bits per heavy atom. The van der Waals surface area contributed by atoms with E-state index in [1.807, 2.05) is 0 Å². The predicted octanol–water partition coefficient (Wildman–Crippen LogP) is 4.02. The second-order valence-corrected chi connectivity index (χ2v) is 6.11. The summed E-state index contributed by atoms with van der Waals surface area (Å²) in [6, 6.07) is 11.2. The molecule has 0 saturated heterocycles. The van der Waals surface area contributed by atoms with E-state index in [-0.39, 0.29) is 0 Å². The van der Waals surface area contributed by atoms with E-state index >= 15 is 0 Å². The minimum absolute atomic E-state index is 0.608. The van der Waals surface area contributed by atoms with Crippen LogP contribution in [0.25, 0.3) is 11.1 Å². The molecule has 4 rings (SSSR count). The Morgan fingerprint density at radius 2 is 1.95 bits per heavy atom. The van der Waals surface area contributed by atoms with Gasteiger partial charge < -0.3 is 5.32 Å². The lowest BCUT2D eigenvalue weighted by molar-refractivity contribution is 0.222. The lowest BCUT2D eigenvalue weighted by Gasteiger charge is -2.37. The Morgan fingerprint density at radius 3 is 2.80 bits per heavy atom. The number of aromatic nitrogens is 2. The zero-order valence-corrected chi connectivity index (χ0v) is 12.0. The molecule has 3 heteroatoms. The highest BCUT2D eigenvalue weighted by Crippen LogP contribution is 2.43. The van der Waals surface area contributed by atoms with Crippen LogP contribution < -0.4 is 5.32 Å². The maximum atomic E-state index is 4.87. The molecule has 1 aromatic carbocycles. The SMILES string of the molecule is Cc1nn2c(c1-c1ccccc1)NCC1CCCCC12. The maximum absolute atomic E-state index is 4.87. The first-order chi connectivity index (χ1) is 9.84. The number of anilines is 1. The summed E-state index contributed by atoms with van der Waals surface area (Å²) in [4.78, 5) is 0. The lowest BCUT2D eigenvalue weighted by atomic mass is 9.83. The van der Waals surface area contributed by atoms with Gasteiger partial charge in [-0.05, 0) is 31.2 Å². The predicted molar refractivity (Wildman–Crippen MR) is 81.9 cm³/mol. The largest absolute Gasteiger partial charge is 0.369 e. The summed E-state index contributed by atoms with van der Waals surface area (Å²) in [6.45, 7) is 3.24. The van der Waals surface area contributed by atoms with Gasteiger partial charge in [-0.2, -0.15) is 5.10 Å². The van der Waals surface area contributed by atoms with E-state index in [1.165, 1.54) is 42.6 Å². The second-order valence-electron chi connectivity index (χ2n) is 6.11. The molecule has 2 aliphatic rings. The third-order valence-electron chi connectivity index (χ3n) is 4.86. The maximum Gasteiger partial charge on any atom is 0.132 e. The van der Waals surface area contributed by atoms with E-state index in [9.17, 15) is 0 Å². The molecule has 0 amide bonds. The highest BCUT2D eigenvalue weighted by atomic mass is 15.4. The van der Waals surface area contributed by atoms with Gasteiger partial charge in [0.05, 0.1) is 11.7 Å².